The van der Waals surface area contributed by atoms with Gasteiger partial charge >= 0.3 is 0 Å². The molecule has 1 aromatic carbocycles. The Labute approximate surface area is 87.0 Å². The lowest BCUT2D eigenvalue weighted by atomic mass is 10.2. The van der Waals surface area contributed by atoms with Crippen LogP contribution in [0.4, 0.5) is 5.69 Å². The van der Waals surface area contributed by atoms with E-state index < -0.39 is 0 Å². The Hall–Kier alpha value is -0.830. The fraction of sp³-hybridized carbons (Fsp3) is 0.300. The lowest BCUT2D eigenvalue weighted by Gasteiger charge is -2.01. The molecule has 2 nitrogen and oxygen atoms in total. The molecule has 0 aliphatic heterocycles. The maximum Gasteiger partial charge on any atom is 0.0994 e. The summed E-state index contributed by atoms with van der Waals surface area (Å²) in [6, 6.07) is 6.02. The Morgan fingerprint density at radius 1 is 1.54 bits per heavy atom. The fourth-order valence-electron chi connectivity index (χ4n) is 0.942. The summed E-state index contributed by atoms with van der Waals surface area (Å²) in [7, 11) is 0. The minimum absolute atomic E-state index is 0.659. The largest absolute Gasteiger partial charge is 0.387 e. The first-order valence-corrected chi connectivity index (χ1v) is 5.02. The molecular weight excluding hydrogens is 228 g/mol. The molecule has 0 atom stereocenters. The van der Waals surface area contributed by atoms with E-state index in [2.05, 4.69) is 20.9 Å². The van der Waals surface area contributed by atoms with Crippen LogP contribution in [-0.2, 0) is 0 Å². The normalized spacial score (nSPS) is 11.8. The second kappa shape index (κ2) is 4.42. The van der Waals surface area contributed by atoms with Crippen LogP contribution in [-0.4, -0.2) is 5.84 Å². The Bertz CT molecular complexity index is 332. The van der Waals surface area contributed by atoms with Gasteiger partial charge in [0.25, 0.3) is 0 Å². The number of halogens is 1. The van der Waals surface area contributed by atoms with E-state index in [1.54, 1.807) is 0 Å². The van der Waals surface area contributed by atoms with E-state index in [-0.39, 0.29) is 0 Å². The van der Waals surface area contributed by atoms with Gasteiger partial charge in [0.1, 0.15) is 0 Å². The molecule has 0 aliphatic carbocycles. The van der Waals surface area contributed by atoms with Gasteiger partial charge in [-0.2, -0.15) is 0 Å². The van der Waals surface area contributed by atoms with Crippen molar-refractivity contribution in [3.05, 3.63) is 28.2 Å². The number of hydrogen-bond donors (Lipinski definition) is 1. The highest BCUT2D eigenvalue weighted by molar-refractivity contribution is 9.10. The lowest BCUT2D eigenvalue weighted by Crippen LogP contribution is -2.08. The summed E-state index contributed by atoms with van der Waals surface area (Å²) in [5.41, 5.74) is 7.74. The first kappa shape index (κ1) is 10.3. The van der Waals surface area contributed by atoms with Crippen LogP contribution in [0.25, 0.3) is 0 Å². The molecule has 0 aromatic heterocycles. The zero-order chi connectivity index (χ0) is 9.84. The average molecular weight is 241 g/mol. The second-order valence-corrected chi connectivity index (χ2v) is 3.77. The van der Waals surface area contributed by atoms with Crippen molar-refractivity contribution in [2.45, 2.75) is 20.3 Å². The smallest absolute Gasteiger partial charge is 0.0994 e. The number of amidine groups is 1. The molecule has 0 bridgehead atoms. The maximum absolute atomic E-state index is 5.65. The Morgan fingerprint density at radius 3 is 2.85 bits per heavy atom. The molecule has 1 rings (SSSR count). The molecule has 13 heavy (non-hydrogen) atoms. The molecule has 3 heteroatoms. The van der Waals surface area contributed by atoms with Gasteiger partial charge in [-0.3, -0.25) is 0 Å². The number of aliphatic imine (C=N–C) groups is 1. The first-order valence-electron chi connectivity index (χ1n) is 4.22. The van der Waals surface area contributed by atoms with Gasteiger partial charge < -0.3 is 5.73 Å². The molecule has 0 amide bonds. The Balaban J connectivity index is 3.07. The lowest BCUT2D eigenvalue weighted by molar-refractivity contribution is 1.23. The van der Waals surface area contributed by atoms with Crippen LogP contribution in [0.15, 0.2) is 27.7 Å². The van der Waals surface area contributed by atoms with Crippen molar-refractivity contribution in [1.29, 1.82) is 0 Å². The molecule has 2 N–H and O–H groups in total. The summed E-state index contributed by atoms with van der Waals surface area (Å²) in [6.45, 7) is 4.02. The van der Waals surface area contributed by atoms with Crippen molar-refractivity contribution in [3.8, 4) is 0 Å². The highest BCUT2D eigenvalue weighted by Gasteiger charge is 1.98. The number of nitrogens with two attached hydrogens (primary N) is 1. The zero-order valence-electron chi connectivity index (χ0n) is 7.84. The van der Waals surface area contributed by atoms with E-state index in [1.807, 2.05) is 32.0 Å². The van der Waals surface area contributed by atoms with Crippen molar-refractivity contribution in [2.24, 2.45) is 10.7 Å². The molecule has 0 unspecified atom stereocenters. The first-order chi connectivity index (χ1) is 6.13. The van der Waals surface area contributed by atoms with Crippen molar-refractivity contribution in [3.63, 3.8) is 0 Å². The third-order valence-electron chi connectivity index (χ3n) is 1.73. The Kier molecular flexibility index (Phi) is 3.48. The molecule has 0 heterocycles. The van der Waals surface area contributed by atoms with Crippen molar-refractivity contribution >= 4 is 27.5 Å². The molecule has 0 fully saturated rings. The van der Waals surface area contributed by atoms with Crippen molar-refractivity contribution in [2.75, 3.05) is 0 Å². The van der Waals surface area contributed by atoms with E-state index in [1.165, 1.54) is 5.56 Å². The van der Waals surface area contributed by atoms with Crippen molar-refractivity contribution in [1.82, 2.24) is 0 Å². The van der Waals surface area contributed by atoms with Crippen LogP contribution in [0.1, 0.15) is 18.9 Å². The van der Waals surface area contributed by atoms with Gasteiger partial charge in [-0.1, -0.05) is 13.0 Å². The van der Waals surface area contributed by atoms with Gasteiger partial charge in [0.05, 0.1) is 11.5 Å². The molecule has 0 radical (unpaired) electrons. The van der Waals surface area contributed by atoms with Gasteiger partial charge in [0.2, 0.25) is 0 Å². The molecule has 0 saturated carbocycles. The van der Waals surface area contributed by atoms with Crippen molar-refractivity contribution < 1.29 is 0 Å². The highest BCUT2D eigenvalue weighted by Crippen LogP contribution is 2.26. The number of benzene rings is 1. The number of aryl methyl sites for hydroxylation is 1. The third-order valence-corrected chi connectivity index (χ3v) is 2.40. The molecular formula is C10H13BrN2. The molecule has 0 aliphatic rings. The van der Waals surface area contributed by atoms with Crippen LogP contribution >= 0.6 is 15.9 Å². The minimum Gasteiger partial charge on any atom is -0.387 e. The predicted molar refractivity (Wildman–Crippen MR) is 60.5 cm³/mol. The summed E-state index contributed by atoms with van der Waals surface area (Å²) in [5, 5.41) is 0. The van der Waals surface area contributed by atoms with E-state index in [0.29, 0.717) is 5.84 Å². The van der Waals surface area contributed by atoms with E-state index in [4.69, 9.17) is 5.73 Å². The summed E-state index contributed by atoms with van der Waals surface area (Å²) >= 11 is 3.43. The topological polar surface area (TPSA) is 38.4 Å². The zero-order valence-corrected chi connectivity index (χ0v) is 9.43. The van der Waals surface area contributed by atoms with Gasteiger partial charge in [0.15, 0.2) is 0 Å². The van der Waals surface area contributed by atoms with Crippen LogP contribution < -0.4 is 5.73 Å². The third kappa shape index (κ3) is 2.84. The van der Waals surface area contributed by atoms with Crippen LogP contribution in [0.5, 0.6) is 0 Å². The van der Waals surface area contributed by atoms with E-state index in [9.17, 15) is 0 Å². The maximum atomic E-state index is 5.65. The quantitative estimate of drug-likeness (QED) is 0.626. The van der Waals surface area contributed by atoms with Gasteiger partial charge in [-0.25, -0.2) is 4.99 Å². The average Bonchev–Trinajstić information content (AvgIpc) is 2.11. The standard InChI is InChI=1S/C10H13BrN2/c1-3-10(12)13-9-6-7(2)4-5-8(9)11/h4-6H,3H2,1-2H3,(H2,12,13). The predicted octanol–water partition coefficient (Wildman–Crippen LogP) is 3.16. The van der Waals surface area contributed by atoms with Gasteiger partial charge in [0, 0.05) is 10.9 Å². The summed E-state index contributed by atoms with van der Waals surface area (Å²) in [4.78, 5) is 4.29. The fourth-order valence-corrected chi connectivity index (χ4v) is 1.28. The molecule has 0 spiro atoms. The minimum atomic E-state index is 0.659. The van der Waals surface area contributed by atoms with E-state index >= 15 is 0 Å². The number of rotatable bonds is 2. The van der Waals surface area contributed by atoms with Crippen LogP contribution in [0.3, 0.4) is 0 Å². The molecule has 1 aromatic rings. The summed E-state index contributed by atoms with van der Waals surface area (Å²) < 4.78 is 0.981. The van der Waals surface area contributed by atoms with Gasteiger partial charge in [-0.05, 0) is 40.5 Å². The highest BCUT2D eigenvalue weighted by atomic mass is 79.9. The van der Waals surface area contributed by atoms with Gasteiger partial charge in [-0.15, -0.1) is 0 Å². The van der Waals surface area contributed by atoms with Crippen LogP contribution in [0, 0.1) is 6.92 Å². The summed E-state index contributed by atoms with van der Waals surface area (Å²) in [5.74, 6) is 0.659. The SMILES string of the molecule is CCC(N)=Nc1cc(C)ccc1Br. The van der Waals surface area contributed by atoms with E-state index in [0.717, 1.165) is 16.6 Å². The van der Waals surface area contributed by atoms with Crippen LogP contribution in [0.2, 0.25) is 0 Å². The molecule has 0 saturated heterocycles. The summed E-state index contributed by atoms with van der Waals surface area (Å²) in [6.07, 6.45) is 0.778. The monoisotopic (exact) mass is 240 g/mol. The Morgan fingerprint density at radius 2 is 2.23 bits per heavy atom. The number of hydrogen-bond acceptors (Lipinski definition) is 1. The molecule has 70 valence electrons. The number of nitrogens with zero attached hydrogens (tertiary/aromatic N) is 1. The second-order valence-electron chi connectivity index (χ2n) is 2.91.